The minimum atomic E-state index is -0.498. The van der Waals surface area contributed by atoms with E-state index in [-0.39, 0.29) is 11.3 Å². The van der Waals surface area contributed by atoms with Crippen LogP contribution in [0, 0.1) is 0 Å². The average Bonchev–Trinajstić information content (AvgIpc) is 3.82. The van der Waals surface area contributed by atoms with Crippen LogP contribution in [-0.2, 0) is 10.8 Å². The first-order valence-electron chi connectivity index (χ1n) is 19.3. The van der Waals surface area contributed by atoms with Gasteiger partial charge >= 0.3 is 0 Å². The number of fused-ring (bicyclic) bond motifs is 15. The second-order valence-electron chi connectivity index (χ2n) is 16.0. The summed E-state index contributed by atoms with van der Waals surface area (Å²) in [6.45, 7) is 4.73. The Labute approximate surface area is 320 Å². The molecule has 0 N–H and O–H groups in total. The van der Waals surface area contributed by atoms with Gasteiger partial charge in [-0.15, -0.1) is 0 Å². The molecule has 9 aromatic rings. The second-order valence-corrected chi connectivity index (χ2v) is 16.0. The monoisotopic (exact) mass is 704 g/mol. The number of ether oxygens (including phenoxy) is 1. The Balaban J connectivity index is 1.11. The SMILES string of the molecule is CC1(C)c2ccccc2-c2ccc(C(c3ccc4c(c3)-c3ccccc3C43c4ccccc4Oc4ccccc43)c3ccc4c(c3)oc3ccccc34)cc21. The van der Waals surface area contributed by atoms with Gasteiger partial charge in [0.15, 0.2) is 0 Å². The molecule has 12 rings (SSSR count). The van der Waals surface area contributed by atoms with Gasteiger partial charge in [-0.2, -0.15) is 0 Å². The Morgan fingerprint density at radius 3 is 1.69 bits per heavy atom. The number of benzene rings is 8. The summed E-state index contributed by atoms with van der Waals surface area (Å²) in [6.07, 6.45) is 0. The molecule has 2 heteroatoms. The highest BCUT2D eigenvalue weighted by Crippen LogP contribution is 2.62. The van der Waals surface area contributed by atoms with Gasteiger partial charge in [0.25, 0.3) is 0 Å². The smallest absolute Gasteiger partial charge is 0.135 e. The lowest BCUT2D eigenvalue weighted by Crippen LogP contribution is -2.32. The Morgan fingerprint density at radius 2 is 0.909 bits per heavy atom. The maximum atomic E-state index is 6.60. The molecule has 0 radical (unpaired) electrons. The molecular formula is C53H36O2. The van der Waals surface area contributed by atoms with E-state index in [1.807, 2.05) is 6.07 Å². The van der Waals surface area contributed by atoms with E-state index in [4.69, 9.17) is 9.15 Å². The van der Waals surface area contributed by atoms with E-state index < -0.39 is 5.41 Å². The molecule has 1 aromatic heterocycles. The predicted octanol–water partition coefficient (Wildman–Crippen LogP) is 13.5. The van der Waals surface area contributed by atoms with Crippen LogP contribution in [-0.4, -0.2) is 0 Å². The summed E-state index contributed by atoms with van der Waals surface area (Å²) >= 11 is 0. The van der Waals surface area contributed by atoms with E-state index >= 15 is 0 Å². The normalized spacial score (nSPS) is 15.5. The first-order valence-corrected chi connectivity index (χ1v) is 19.3. The van der Waals surface area contributed by atoms with Gasteiger partial charge in [0, 0.05) is 33.2 Å². The maximum Gasteiger partial charge on any atom is 0.135 e. The molecule has 1 unspecified atom stereocenters. The Kier molecular flexibility index (Phi) is 6.14. The van der Waals surface area contributed by atoms with Crippen molar-refractivity contribution in [2.24, 2.45) is 0 Å². The lowest BCUT2D eigenvalue weighted by Gasteiger charge is -2.39. The largest absolute Gasteiger partial charge is 0.457 e. The summed E-state index contributed by atoms with van der Waals surface area (Å²) in [5.74, 6) is 1.78. The number of hydrogen-bond donors (Lipinski definition) is 0. The van der Waals surface area contributed by atoms with Crippen LogP contribution in [0.5, 0.6) is 11.5 Å². The molecule has 2 nitrogen and oxygen atoms in total. The highest BCUT2D eigenvalue weighted by Gasteiger charge is 2.51. The van der Waals surface area contributed by atoms with Gasteiger partial charge in [0.1, 0.15) is 22.7 Å². The van der Waals surface area contributed by atoms with Crippen molar-refractivity contribution in [3.05, 3.63) is 226 Å². The van der Waals surface area contributed by atoms with Crippen LogP contribution >= 0.6 is 0 Å². The first-order chi connectivity index (χ1) is 27.0. The molecule has 8 aromatic carbocycles. The summed E-state index contributed by atoms with van der Waals surface area (Å²) in [7, 11) is 0. The zero-order valence-corrected chi connectivity index (χ0v) is 30.6. The third-order valence-electron chi connectivity index (χ3n) is 12.9. The van der Waals surface area contributed by atoms with Gasteiger partial charge in [-0.1, -0.05) is 159 Å². The van der Waals surface area contributed by atoms with Gasteiger partial charge in [-0.25, -0.2) is 0 Å². The standard InChI is InChI=1S/C53H36O2/c1-52(2)41-16-6-3-13-35(41)37-26-23-33(30-46(37)52)51(34-24-27-39-38-15-5-10-20-47(38)54-50(39)31-34)32-25-28-43-40(29-32)36-14-4-7-17-42(36)53(43)44-18-8-11-21-48(44)55-49-22-12-9-19-45(49)53/h3-31,51H,1-2H3. The molecule has 1 aliphatic heterocycles. The van der Waals surface area contributed by atoms with Gasteiger partial charge < -0.3 is 9.15 Å². The quantitative estimate of drug-likeness (QED) is 0.171. The predicted molar refractivity (Wildman–Crippen MR) is 222 cm³/mol. The first kappa shape index (κ1) is 30.8. The zero-order chi connectivity index (χ0) is 36.5. The van der Waals surface area contributed by atoms with Crippen LogP contribution in [0.1, 0.15) is 69.8 Å². The van der Waals surface area contributed by atoms with E-state index in [1.165, 1.54) is 72.3 Å². The van der Waals surface area contributed by atoms with Crippen molar-refractivity contribution in [3.63, 3.8) is 0 Å². The fourth-order valence-corrected chi connectivity index (χ4v) is 10.5. The molecule has 2 heterocycles. The molecule has 0 bridgehead atoms. The van der Waals surface area contributed by atoms with Gasteiger partial charge in [0.05, 0.1) is 5.41 Å². The zero-order valence-electron chi connectivity index (χ0n) is 30.6. The molecular weight excluding hydrogens is 669 g/mol. The maximum absolute atomic E-state index is 6.60. The van der Waals surface area contributed by atoms with Crippen molar-refractivity contribution < 1.29 is 9.15 Å². The van der Waals surface area contributed by atoms with Crippen molar-refractivity contribution in [2.45, 2.75) is 30.6 Å². The van der Waals surface area contributed by atoms with E-state index in [0.29, 0.717) is 0 Å². The topological polar surface area (TPSA) is 22.4 Å². The summed E-state index contributed by atoms with van der Waals surface area (Å²) < 4.78 is 13.1. The van der Waals surface area contributed by atoms with Crippen LogP contribution in [0.3, 0.4) is 0 Å². The second kappa shape index (κ2) is 11.0. The highest BCUT2D eigenvalue weighted by molar-refractivity contribution is 6.05. The third kappa shape index (κ3) is 4.04. The average molecular weight is 705 g/mol. The lowest BCUT2D eigenvalue weighted by molar-refractivity contribution is 0.436. The highest BCUT2D eigenvalue weighted by atomic mass is 16.5. The van der Waals surface area contributed by atoms with E-state index in [1.54, 1.807) is 0 Å². The molecule has 0 fully saturated rings. The molecule has 1 spiro atoms. The lowest BCUT2D eigenvalue weighted by atomic mass is 9.66. The van der Waals surface area contributed by atoms with Crippen LogP contribution in [0.4, 0.5) is 0 Å². The molecule has 1 atom stereocenters. The summed E-state index contributed by atoms with van der Waals surface area (Å²) in [5, 5.41) is 2.29. The number of rotatable bonds is 3. The minimum absolute atomic E-state index is 0.0364. The molecule has 0 amide bonds. The van der Waals surface area contributed by atoms with Crippen molar-refractivity contribution >= 4 is 21.9 Å². The molecule has 3 aliphatic rings. The van der Waals surface area contributed by atoms with Gasteiger partial charge in [-0.05, 0) is 91.5 Å². The molecule has 0 saturated heterocycles. The van der Waals surface area contributed by atoms with E-state index in [2.05, 4.69) is 184 Å². The van der Waals surface area contributed by atoms with Crippen LogP contribution in [0.15, 0.2) is 180 Å². The Morgan fingerprint density at radius 1 is 0.382 bits per heavy atom. The van der Waals surface area contributed by atoms with Gasteiger partial charge in [0.2, 0.25) is 0 Å². The fourth-order valence-electron chi connectivity index (χ4n) is 10.5. The van der Waals surface area contributed by atoms with Crippen molar-refractivity contribution in [1.29, 1.82) is 0 Å². The summed E-state index contributed by atoms with van der Waals surface area (Å²) in [4.78, 5) is 0. The number of hydrogen-bond acceptors (Lipinski definition) is 2. The Bertz CT molecular complexity index is 3020. The van der Waals surface area contributed by atoms with Crippen molar-refractivity contribution in [1.82, 2.24) is 0 Å². The fraction of sp³-hybridized carbons (Fsp3) is 0.0943. The van der Waals surface area contributed by atoms with Crippen molar-refractivity contribution in [3.8, 4) is 33.8 Å². The van der Waals surface area contributed by atoms with Crippen LogP contribution < -0.4 is 4.74 Å². The van der Waals surface area contributed by atoms with Crippen molar-refractivity contribution in [2.75, 3.05) is 0 Å². The number of para-hydroxylation sites is 3. The Hall–Kier alpha value is -6.64. The van der Waals surface area contributed by atoms with Crippen LogP contribution in [0.25, 0.3) is 44.2 Å². The van der Waals surface area contributed by atoms with E-state index in [9.17, 15) is 0 Å². The molecule has 2 aliphatic carbocycles. The molecule has 55 heavy (non-hydrogen) atoms. The summed E-state index contributed by atoms with van der Waals surface area (Å²) in [5.41, 5.74) is 17.9. The summed E-state index contributed by atoms with van der Waals surface area (Å²) in [6, 6.07) is 64.7. The van der Waals surface area contributed by atoms with Gasteiger partial charge in [-0.3, -0.25) is 0 Å². The van der Waals surface area contributed by atoms with Crippen LogP contribution in [0.2, 0.25) is 0 Å². The molecule has 0 saturated carbocycles. The van der Waals surface area contributed by atoms with E-state index in [0.717, 1.165) is 33.4 Å². The number of furan rings is 1. The third-order valence-corrected chi connectivity index (χ3v) is 12.9. The minimum Gasteiger partial charge on any atom is -0.457 e. The molecule has 260 valence electrons.